The molecule has 1 aliphatic rings. The summed E-state index contributed by atoms with van der Waals surface area (Å²) in [4.78, 5) is 15.1. The molecule has 1 aromatic heterocycles. The summed E-state index contributed by atoms with van der Waals surface area (Å²) in [7, 11) is 0. The fourth-order valence-electron chi connectivity index (χ4n) is 3.61. The summed E-state index contributed by atoms with van der Waals surface area (Å²) >= 11 is 6.56. The molecule has 0 radical (unpaired) electrons. The van der Waals surface area contributed by atoms with Gasteiger partial charge >= 0.3 is 0 Å². The van der Waals surface area contributed by atoms with E-state index in [4.69, 9.17) is 21.1 Å². The Balaban J connectivity index is 1.58. The Hall–Kier alpha value is -3.06. The van der Waals surface area contributed by atoms with Gasteiger partial charge in [-0.05, 0) is 37.6 Å². The number of para-hydroxylation sites is 1. The van der Waals surface area contributed by atoms with Crippen LogP contribution in [0.15, 0.2) is 42.5 Å². The zero-order valence-electron chi connectivity index (χ0n) is 17.4. The molecule has 8 heteroatoms. The lowest BCUT2D eigenvalue weighted by atomic mass is 10.1. The highest BCUT2D eigenvalue weighted by Crippen LogP contribution is 2.34. The Morgan fingerprint density at radius 3 is 2.68 bits per heavy atom. The number of amides is 1. The van der Waals surface area contributed by atoms with Gasteiger partial charge in [0.15, 0.2) is 11.5 Å². The van der Waals surface area contributed by atoms with Crippen LogP contribution in [-0.4, -0.2) is 40.3 Å². The first-order valence-electron chi connectivity index (χ1n) is 10.1. The van der Waals surface area contributed by atoms with E-state index >= 15 is 0 Å². The second-order valence-electron chi connectivity index (χ2n) is 7.30. The molecule has 4 rings (SSSR count). The van der Waals surface area contributed by atoms with Gasteiger partial charge in [-0.1, -0.05) is 35.9 Å². The van der Waals surface area contributed by atoms with Crippen molar-refractivity contribution in [2.45, 2.75) is 26.9 Å². The highest BCUT2D eigenvalue weighted by Gasteiger charge is 2.26. The van der Waals surface area contributed by atoms with Crippen LogP contribution in [0.5, 0.6) is 11.5 Å². The fraction of sp³-hybridized carbons (Fsp3) is 0.304. The molecule has 0 bridgehead atoms. The van der Waals surface area contributed by atoms with Gasteiger partial charge in [-0.3, -0.25) is 4.79 Å². The molecule has 1 amide bonds. The molecular weight excluding hydrogens is 421 g/mol. The molecule has 3 aromatic rings. The first kappa shape index (κ1) is 21.2. The lowest BCUT2D eigenvalue weighted by Crippen LogP contribution is -2.31. The minimum Gasteiger partial charge on any atom is -0.486 e. The third-order valence-electron chi connectivity index (χ3n) is 5.20. The number of aromatic nitrogens is 2. The second-order valence-corrected chi connectivity index (χ2v) is 7.65. The number of rotatable bonds is 6. The summed E-state index contributed by atoms with van der Waals surface area (Å²) in [5.41, 5.74) is 2.63. The lowest BCUT2D eigenvalue weighted by Gasteiger charge is -2.25. The molecule has 6 nitrogen and oxygen atoms in total. The number of nitrogens with zero attached hydrogens (tertiary/aromatic N) is 3. The van der Waals surface area contributed by atoms with Crippen molar-refractivity contribution in [1.82, 2.24) is 14.7 Å². The first-order valence-corrected chi connectivity index (χ1v) is 10.5. The number of carbonyl (C=O) groups is 1. The Kier molecular flexibility index (Phi) is 6.13. The number of fused-ring (bicyclic) bond motifs is 1. The van der Waals surface area contributed by atoms with Gasteiger partial charge in [-0.15, -0.1) is 0 Å². The Labute approximate surface area is 185 Å². The van der Waals surface area contributed by atoms with Crippen LogP contribution in [0.2, 0.25) is 5.15 Å². The van der Waals surface area contributed by atoms with Crippen LogP contribution in [0.25, 0.3) is 0 Å². The van der Waals surface area contributed by atoms with Crippen molar-refractivity contribution in [3.63, 3.8) is 0 Å². The average Bonchev–Trinajstić information content (AvgIpc) is 3.06. The van der Waals surface area contributed by atoms with E-state index in [0.29, 0.717) is 55.6 Å². The predicted molar refractivity (Wildman–Crippen MR) is 115 cm³/mol. The summed E-state index contributed by atoms with van der Waals surface area (Å²) in [5, 5.41) is 4.71. The third kappa shape index (κ3) is 4.37. The monoisotopic (exact) mass is 443 g/mol. The van der Waals surface area contributed by atoms with Crippen LogP contribution >= 0.6 is 11.6 Å². The zero-order chi connectivity index (χ0) is 22.0. The van der Waals surface area contributed by atoms with Crippen LogP contribution < -0.4 is 9.47 Å². The standard InChI is InChI=1S/C23H23ClFN3O3/c1-3-27(14-17-5-4-6-19-21(17)31-12-11-30-19)23(29)20-15(2)26-28(22(20)24)13-16-7-9-18(25)10-8-16/h4-10H,3,11-14H2,1-2H3. The summed E-state index contributed by atoms with van der Waals surface area (Å²) in [6, 6.07) is 11.8. The molecule has 1 aliphatic heterocycles. The number of carbonyl (C=O) groups excluding carboxylic acids is 1. The maximum absolute atomic E-state index is 13.4. The molecule has 0 saturated carbocycles. The van der Waals surface area contributed by atoms with Crippen molar-refractivity contribution >= 4 is 17.5 Å². The average molecular weight is 444 g/mol. The van der Waals surface area contributed by atoms with Crippen molar-refractivity contribution in [2.24, 2.45) is 0 Å². The number of aryl methyl sites for hydroxylation is 1. The van der Waals surface area contributed by atoms with Crippen LogP contribution in [0.3, 0.4) is 0 Å². The van der Waals surface area contributed by atoms with E-state index < -0.39 is 0 Å². The maximum atomic E-state index is 13.4. The SMILES string of the molecule is CCN(Cc1cccc2c1OCCO2)C(=O)c1c(C)nn(Cc2ccc(F)cc2)c1Cl. The van der Waals surface area contributed by atoms with Gasteiger partial charge in [-0.2, -0.15) is 5.10 Å². The van der Waals surface area contributed by atoms with Gasteiger partial charge in [0.25, 0.3) is 5.91 Å². The molecule has 0 fully saturated rings. The van der Waals surface area contributed by atoms with Gasteiger partial charge in [0, 0.05) is 18.7 Å². The lowest BCUT2D eigenvalue weighted by molar-refractivity contribution is 0.0748. The Morgan fingerprint density at radius 2 is 1.94 bits per heavy atom. The molecule has 2 heterocycles. The summed E-state index contributed by atoms with van der Waals surface area (Å²) < 4.78 is 26.2. The van der Waals surface area contributed by atoms with E-state index in [0.717, 1.165) is 11.1 Å². The molecule has 0 atom stereocenters. The normalized spacial score (nSPS) is 12.6. The van der Waals surface area contributed by atoms with Gasteiger partial charge in [0.2, 0.25) is 0 Å². The number of halogens is 2. The van der Waals surface area contributed by atoms with E-state index in [9.17, 15) is 9.18 Å². The molecule has 0 unspecified atom stereocenters. The van der Waals surface area contributed by atoms with Crippen molar-refractivity contribution in [2.75, 3.05) is 19.8 Å². The minimum atomic E-state index is -0.307. The van der Waals surface area contributed by atoms with E-state index in [-0.39, 0.29) is 16.9 Å². The molecule has 162 valence electrons. The molecule has 0 N–H and O–H groups in total. The molecular formula is C23H23ClFN3O3. The number of hydrogen-bond donors (Lipinski definition) is 0. The van der Waals surface area contributed by atoms with Crippen LogP contribution in [-0.2, 0) is 13.1 Å². The molecule has 0 spiro atoms. The molecule has 0 saturated heterocycles. The number of hydrogen-bond acceptors (Lipinski definition) is 4. The summed E-state index contributed by atoms with van der Waals surface area (Å²) in [6.07, 6.45) is 0. The summed E-state index contributed by atoms with van der Waals surface area (Å²) in [5.74, 6) is 0.853. The highest BCUT2D eigenvalue weighted by atomic mass is 35.5. The maximum Gasteiger partial charge on any atom is 0.259 e. The minimum absolute atomic E-state index is 0.204. The topological polar surface area (TPSA) is 56.6 Å². The third-order valence-corrected chi connectivity index (χ3v) is 5.59. The summed E-state index contributed by atoms with van der Waals surface area (Å²) in [6.45, 7) is 5.85. The number of benzene rings is 2. The second kappa shape index (κ2) is 8.98. The Morgan fingerprint density at radius 1 is 1.19 bits per heavy atom. The zero-order valence-corrected chi connectivity index (χ0v) is 18.2. The molecule has 31 heavy (non-hydrogen) atoms. The van der Waals surface area contributed by atoms with Gasteiger partial charge in [0.1, 0.15) is 24.2 Å². The predicted octanol–water partition coefficient (Wildman–Crippen LogP) is 4.47. The molecule has 0 aliphatic carbocycles. The van der Waals surface area contributed by atoms with Crippen LogP contribution in [0.4, 0.5) is 4.39 Å². The van der Waals surface area contributed by atoms with Crippen LogP contribution in [0, 0.1) is 12.7 Å². The fourth-order valence-corrected chi connectivity index (χ4v) is 3.93. The van der Waals surface area contributed by atoms with Crippen molar-refractivity contribution in [3.8, 4) is 11.5 Å². The quantitative estimate of drug-likeness (QED) is 0.564. The molecule has 2 aromatic carbocycles. The van der Waals surface area contributed by atoms with E-state index in [1.807, 2.05) is 25.1 Å². The highest BCUT2D eigenvalue weighted by molar-refractivity contribution is 6.33. The van der Waals surface area contributed by atoms with Crippen molar-refractivity contribution in [3.05, 3.63) is 75.8 Å². The van der Waals surface area contributed by atoms with E-state index in [1.54, 1.807) is 28.6 Å². The van der Waals surface area contributed by atoms with Crippen molar-refractivity contribution < 1.29 is 18.7 Å². The van der Waals surface area contributed by atoms with Crippen LogP contribution in [0.1, 0.15) is 34.1 Å². The van der Waals surface area contributed by atoms with E-state index in [2.05, 4.69) is 5.10 Å². The van der Waals surface area contributed by atoms with E-state index in [1.165, 1.54) is 12.1 Å². The smallest absolute Gasteiger partial charge is 0.259 e. The van der Waals surface area contributed by atoms with Gasteiger partial charge in [-0.25, -0.2) is 9.07 Å². The van der Waals surface area contributed by atoms with Gasteiger partial charge < -0.3 is 14.4 Å². The Bertz CT molecular complexity index is 1100. The van der Waals surface area contributed by atoms with Crippen molar-refractivity contribution in [1.29, 1.82) is 0 Å². The number of ether oxygens (including phenoxy) is 2. The first-order chi connectivity index (χ1) is 15.0. The largest absolute Gasteiger partial charge is 0.486 e. The van der Waals surface area contributed by atoms with Gasteiger partial charge in [0.05, 0.1) is 17.8 Å².